The molecule has 1 aromatic rings. The number of hydrogen-bond donors (Lipinski definition) is 2. The number of carbonyl (C=O) groups is 2. The standard InChI is InChI=1S/C16H17NO5S2/c1-8(2)13(15(20)21)17-14(19)12(24-16(17)23)7-9-4-5-10(18)11(6-9)22-3/h4-8,13,18H,1-3H3,(H,20,21)/b12-7+/t13-/m1/s1. The van der Waals surface area contributed by atoms with E-state index < -0.39 is 17.9 Å². The maximum absolute atomic E-state index is 12.6. The Morgan fingerprint density at radius 2 is 2.08 bits per heavy atom. The summed E-state index contributed by atoms with van der Waals surface area (Å²) in [7, 11) is 1.43. The number of nitrogens with zero attached hydrogens (tertiary/aromatic N) is 1. The summed E-state index contributed by atoms with van der Waals surface area (Å²) in [6, 6.07) is 3.66. The van der Waals surface area contributed by atoms with Crippen molar-refractivity contribution >= 4 is 46.3 Å². The largest absolute Gasteiger partial charge is 0.504 e. The summed E-state index contributed by atoms with van der Waals surface area (Å²) in [4.78, 5) is 25.6. The minimum absolute atomic E-state index is 0.00653. The number of ether oxygens (including phenoxy) is 1. The number of phenolic OH excluding ortho intramolecular Hbond substituents is 1. The van der Waals surface area contributed by atoms with Crippen LogP contribution in [0.2, 0.25) is 0 Å². The molecule has 1 amide bonds. The van der Waals surface area contributed by atoms with E-state index >= 15 is 0 Å². The summed E-state index contributed by atoms with van der Waals surface area (Å²) >= 11 is 6.25. The van der Waals surface area contributed by atoms with Crippen molar-refractivity contribution in [1.29, 1.82) is 0 Å². The molecular weight excluding hydrogens is 350 g/mol. The number of phenols is 1. The van der Waals surface area contributed by atoms with Gasteiger partial charge in [-0.15, -0.1) is 0 Å². The molecule has 0 aromatic heterocycles. The van der Waals surface area contributed by atoms with Crippen molar-refractivity contribution < 1.29 is 24.5 Å². The van der Waals surface area contributed by atoms with Crippen molar-refractivity contribution in [2.24, 2.45) is 5.92 Å². The van der Waals surface area contributed by atoms with Crippen molar-refractivity contribution in [3.63, 3.8) is 0 Å². The summed E-state index contributed by atoms with van der Waals surface area (Å²) in [6.07, 6.45) is 1.60. The molecule has 1 aliphatic rings. The summed E-state index contributed by atoms with van der Waals surface area (Å²) in [5.41, 5.74) is 0.640. The van der Waals surface area contributed by atoms with E-state index in [4.69, 9.17) is 17.0 Å². The van der Waals surface area contributed by atoms with E-state index in [1.165, 1.54) is 13.2 Å². The van der Waals surface area contributed by atoms with Crippen molar-refractivity contribution in [3.8, 4) is 11.5 Å². The number of aromatic hydroxyl groups is 1. The highest BCUT2D eigenvalue weighted by Gasteiger charge is 2.41. The lowest BCUT2D eigenvalue weighted by Gasteiger charge is -2.26. The smallest absolute Gasteiger partial charge is 0.327 e. The molecule has 2 rings (SSSR count). The Hall–Kier alpha value is -2.06. The van der Waals surface area contributed by atoms with Crippen LogP contribution in [0.1, 0.15) is 19.4 Å². The van der Waals surface area contributed by atoms with E-state index in [1.807, 2.05) is 0 Å². The molecule has 1 heterocycles. The number of carbonyl (C=O) groups excluding carboxylic acids is 1. The van der Waals surface area contributed by atoms with E-state index in [0.717, 1.165) is 16.7 Å². The molecular formula is C16H17NO5S2. The lowest BCUT2D eigenvalue weighted by Crippen LogP contribution is -2.47. The highest BCUT2D eigenvalue weighted by atomic mass is 32.2. The first-order chi connectivity index (χ1) is 11.3. The third-order valence-corrected chi connectivity index (χ3v) is 4.82. The topological polar surface area (TPSA) is 87.1 Å². The molecule has 1 saturated heterocycles. The minimum atomic E-state index is -1.09. The Balaban J connectivity index is 2.36. The predicted octanol–water partition coefficient (Wildman–Crippen LogP) is 2.71. The summed E-state index contributed by atoms with van der Waals surface area (Å²) < 4.78 is 5.26. The molecule has 1 aromatic carbocycles. The zero-order valence-corrected chi connectivity index (χ0v) is 15.0. The van der Waals surface area contributed by atoms with Gasteiger partial charge in [-0.2, -0.15) is 0 Å². The van der Waals surface area contributed by atoms with Crippen LogP contribution in [-0.2, 0) is 9.59 Å². The number of rotatable bonds is 5. The van der Waals surface area contributed by atoms with E-state index in [1.54, 1.807) is 32.1 Å². The SMILES string of the molecule is COc1cc(/C=C2/SC(=S)N([C@@H](C(=O)O)C(C)C)C2=O)ccc1O. The summed E-state index contributed by atoms with van der Waals surface area (Å²) in [5, 5.41) is 19.0. The van der Waals surface area contributed by atoms with Gasteiger partial charge in [0.05, 0.1) is 12.0 Å². The Morgan fingerprint density at radius 3 is 2.62 bits per heavy atom. The zero-order valence-electron chi connectivity index (χ0n) is 13.3. The molecule has 24 heavy (non-hydrogen) atoms. The predicted molar refractivity (Wildman–Crippen MR) is 95.9 cm³/mol. The number of methoxy groups -OCH3 is 1. The van der Waals surface area contributed by atoms with Crippen molar-refractivity contribution in [1.82, 2.24) is 4.90 Å². The number of amides is 1. The van der Waals surface area contributed by atoms with Crippen LogP contribution in [0.4, 0.5) is 0 Å². The Labute approximate surface area is 149 Å². The number of hydrogen-bond acceptors (Lipinski definition) is 6. The van der Waals surface area contributed by atoms with Gasteiger partial charge in [-0.25, -0.2) is 4.79 Å². The summed E-state index contributed by atoms with van der Waals surface area (Å²) in [5.74, 6) is -1.53. The number of benzene rings is 1. The molecule has 1 atom stereocenters. The number of aliphatic carboxylic acids is 1. The Kier molecular flexibility index (Phi) is 5.51. The van der Waals surface area contributed by atoms with Crippen molar-refractivity contribution in [2.75, 3.05) is 7.11 Å². The first-order valence-corrected chi connectivity index (χ1v) is 8.35. The van der Waals surface area contributed by atoms with Gasteiger partial charge < -0.3 is 14.9 Å². The molecule has 0 aliphatic carbocycles. The van der Waals surface area contributed by atoms with Gasteiger partial charge >= 0.3 is 5.97 Å². The minimum Gasteiger partial charge on any atom is -0.504 e. The second kappa shape index (κ2) is 7.23. The number of thioether (sulfide) groups is 1. The van der Waals surface area contributed by atoms with Gasteiger partial charge in [0.2, 0.25) is 0 Å². The summed E-state index contributed by atoms with van der Waals surface area (Å²) in [6.45, 7) is 3.46. The lowest BCUT2D eigenvalue weighted by atomic mass is 10.0. The Morgan fingerprint density at radius 1 is 1.42 bits per heavy atom. The molecule has 1 aliphatic heterocycles. The second-order valence-corrected chi connectivity index (χ2v) is 7.19. The molecule has 1 fully saturated rings. The van der Waals surface area contributed by atoms with Crippen LogP contribution >= 0.6 is 24.0 Å². The van der Waals surface area contributed by atoms with Crippen LogP contribution in [-0.4, -0.2) is 44.5 Å². The molecule has 0 radical (unpaired) electrons. The molecule has 6 nitrogen and oxygen atoms in total. The van der Waals surface area contributed by atoms with Crippen LogP contribution in [0.5, 0.6) is 11.5 Å². The number of thiocarbonyl (C=S) groups is 1. The van der Waals surface area contributed by atoms with E-state index in [-0.39, 0.29) is 21.7 Å². The molecule has 0 saturated carbocycles. The average Bonchev–Trinajstić information content (AvgIpc) is 2.76. The highest BCUT2D eigenvalue weighted by molar-refractivity contribution is 8.26. The van der Waals surface area contributed by atoms with Crippen LogP contribution < -0.4 is 4.74 Å². The normalized spacial score (nSPS) is 17.7. The van der Waals surface area contributed by atoms with Gasteiger partial charge in [0.15, 0.2) is 11.5 Å². The zero-order chi connectivity index (χ0) is 18.0. The van der Waals surface area contributed by atoms with E-state index in [9.17, 15) is 19.8 Å². The molecule has 0 bridgehead atoms. The maximum Gasteiger partial charge on any atom is 0.327 e. The molecule has 128 valence electrons. The van der Waals surface area contributed by atoms with Crippen LogP contribution in [0, 0.1) is 5.92 Å². The van der Waals surface area contributed by atoms with Gasteiger partial charge in [0.1, 0.15) is 10.4 Å². The van der Waals surface area contributed by atoms with Gasteiger partial charge in [-0.3, -0.25) is 9.69 Å². The molecule has 0 spiro atoms. The van der Waals surface area contributed by atoms with Gasteiger partial charge in [-0.05, 0) is 29.7 Å². The van der Waals surface area contributed by atoms with Crippen LogP contribution in [0.15, 0.2) is 23.1 Å². The fourth-order valence-corrected chi connectivity index (χ4v) is 3.68. The fraction of sp³-hybridized carbons (Fsp3) is 0.312. The fourth-order valence-electron chi connectivity index (χ4n) is 2.35. The first-order valence-electron chi connectivity index (χ1n) is 7.13. The van der Waals surface area contributed by atoms with Crippen molar-refractivity contribution in [2.45, 2.75) is 19.9 Å². The molecule has 2 N–H and O–H groups in total. The maximum atomic E-state index is 12.6. The van der Waals surface area contributed by atoms with Gasteiger partial charge in [0, 0.05) is 0 Å². The van der Waals surface area contributed by atoms with E-state index in [2.05, 4.69) is 0 Å². The van der Waals surface area contributed by atoms with Crippen LogP contribution in [0.25, 0.3) is 6.08 Å². The molecule has 0 unspecified atom stereocenters. The second-order valence-electron chi connectivity index (χ2n) is 5.51. The lowest BCUT2D eigenvalue weighted by molar-refractivity contribution is -0.146. The van der Waals surface area contributed by atoms with Crippen molar-refractivity contribution in [3.05, 3.63) is 28.7 Å². The number of carboxylic acid groups (broad SMARTS) is 1. The number of carboxylic acids is 1. The van der Waals surface area contributed by atoms with Gasteiger partial charge in [0.25, 0.3) is 5.91 Å². The average molecular weight is 367 g/mol. The quantitative estimate of drug-likeness (QED) is 0.611. The Bertz CT molecular complexity index is 729. The third-order valence-electron chi connectivity index (χ3n) is 3.49. The monoisotopic (exact) mass is 367 g/mol. The van der Waals surface area contributed by atoms with E-state index in [0.29, 0.717) is 10.5 Å². The molecule has 8 heteroatoms. The third kappa shape index (κ3) is 3.54. The first kappa shape index (κ1) is 18.3. The van der Waals surface area contributed by atoms with Gasteiger partial charge in [-0.1, -0.05) is 43.9 Å². The highest BCUT2D eigenvalue weighted by Crippen LogP contribution is 2.36. The van der Waals surface area contributed by atoms with Crippen LogP contribution in [0.3, 0.4) is 0 Å².